The van der Waals surface area contributed by atoms with Crippen molar-refractivity contribution in [2.24, 2.45) is 28.6 Å². The molecule has 2 heterocycles. The lowest BCUT2D eigenvalue weighted by Crippen LogP contribution is -2.58. The van der Waals surface area contributed by atoms with Crippen LogP contribution in [0.15, 0.2) is 27.6 Å². The third-order valence-corrected chi connectivity index (χ3v) is 10.8. The zero-order valence-corrected chi connectivity index (χ0v) is 21.1. The number of hydrogen-bond acceptors (Lipinski definition) is 7. The van der Waals surface area contributed by atoms with Gasteiger partial charge in [0.05, 0.1) is 6.26 Å². The number of fused-ring (bicyclic) bond motifs is 3. The van der Waals surface area contributed by atoms with Crippen LogP contribution in [0.1, 0.15) is 85.5 Å². The van der Waals surface area contributed by atoms with E-state index in [9.17, 15) is 14.4 Å². The molecule has 7 heteroatoms. The average molecular weight is 487 g/mol. The van der Waals surface area contributed by atoms with Crippen LogP contribution in [-0.4, -0.2) is 35.9 Å². The fourth-order valence-electron chi connectivity index (χ4n) is 9.42. The molecule has 6 rings (SSSR count). The average Bonchev–Trinajstić information content (AvgIpc) is 3.49. The zero-order chi connectivity index (χ0) is 24.8. The Bertz CT molecular complexity index is 1100. The molecule has 4 aliphatic carbocycles. The van der Waals surface area contributed by atoms with Crippen molar-refractivity contribution < 1.29 is 29.6 Å². The Morgan fingerprint density at radius 3 is 2.46 bits per heavy atom. The van der Waals surface area contributed by atoms with Crippen LogP contribution in [0.3, 0.4) is 0 Å². The van der Waals surface area contributed by atoms with Gasteiger partial charge in [0.2, 0.25) is 0 Å². The van der Waals surface area contributed by atoms with Crippen molar-refractivity contribution in [3.8, 4) is 0 Å². The van der Waals surface area contributed by atoms with Gasteiger partial charge in [0.1, 0.15) is 23.9 Å². The summed E-state index contributed by atoms with van der Waals surface area (Å²) in [5.74, 6) is 0.922. The molecule has 4 saturated carbocycles. The molecule has 1 saturated heterocycles. The van der Waals surface area contributed by atoms with Gasteiger partial charge in [-0.1, -0.05) is 13.8 Å². The maximum atomic E-state index is 12.1. The SMILES string of the molecule is CC(=O)O[C@H]1CC[C@]2(C)C3CC[C@]4(C)[C@@H](c5ccc(=O)oc5)[C@@H](OC(C)=O)[C@H]5O[C@]54[C@@H]3CC[C@@H]2C1.[HH]. The van der Waals surface area contributed by atoms with E-state index in [0.717, 1.165) is 50.5 Å². The summed E-state index contributed by atoms with van der Waals surface area (Å²) in [4.78, 5) is 35.4. The van der Waals surface area contributed by atoms with E-state index >= 15 is 0 Å². The number of epoxide rings is 1. The van der Waals surface area contributed by atoms with E-state index in [-0.39, 0.29) is 59.7 Å². The summed E-state index contributed by atoms with van der Waals surface area (Å²) < 4.78 is 23.5. The van der Waals surface area contributed by atoms with Gasteiger partial charge in [-0.3, -0.25) is 9.59 Å². The fraction of sp³-hybridized carbons (Fsp3) is 0.750. The molecule has 0 bridgehead atoms. The van der Waals surface area contributed by atoms with E-state index in [2.05, 4.69) is 13.8 Å². The predicted molar refractivity (Wildman–Crippen MR) is 128 cm³/mol. The summed E-state index contributed by atoms with van der Waals surface area (Å²) in [7, 11) is 0. The molecule has 7 nitrogen and oxygen atoms in total. The Morgan fingerprint density at radius 1 is 1.00 bits per heavy atom. The smallest absolute Gasteiger partial charge is 0.335 e. The van der Waals surface area contributed by atoms with Crippen LogP contribution < -0.4 is 5.63 Å². The van der Waals surface area contributed by atoms with Crippen LogP contribution in [0.4, 0.5) is 0 Å². The van der Waals surface area contributed by atoms with E-state index < -0.39 is 0 Å². The number of carbonyl (C=O) groups excluding carboxylic acids is 2. The van der Waals surface area contributed by atoms with E-state index in [4.69, 9.17) is 18.6 Å². The van der Waals surface area contributed by atoms with Gasteiger partial charge in [-0.05, 0) is 79.7 Å². The summed E-state index contributed by atoms with van der Waals surface area (Å²) in [5.41, 5.74) is 0.194. The van der Waals surface area contributed by atoms with E-state index in [1.54, 1.807) is 6.26 Å². The Morgan fingerprint density at radius 2 is 1.77 bits per heavy atom. The third kappa shape index (κ3) is 3.15. The Kier molecular flexibility index (Phi) is 5.10. The zero-order valence-electron chi connectivity index (χ0n) is 21.1. The number of carbonyl (C=O) groups is 2. The van der Waals surface area contributed by atoms with Crippen molar-refractivity contribution in [1.29, 1.82) is 0 Å². The molecule has 192 valence electrons. The molecule has 1 unspecified atom stereocenters. The van der Waals surface area contributed by atoms with E-state index in [1.165, 1.54) is 19.9 Å². The lowest BCUT2D eigenvalue weighted by Gasteiger charge is -2.61. The van der Waals surface area contributed by atoms with Crippen LogP contribution in [-0.2, 0) is 23.8 Å². The minimum atomic E-state index is -0.380. The summed E-state index contributed by atoms with van der Waals surface area (Å²) in [6.45, 7) is 7.72. The molecule has 35 heavy (non-hydrogen) atoms. The van der Waals surface area contributed by atoms with Gasteiger partial charge in [0.15, 0.2) is 0 Å². The fourth-order valence-corrected chi connectivity index (χ4v) is 9.42. The van der Waals surface area contributed by atoms with Crippen molar-refractivity contribution in [3.63, 3.8) is 0 Å². The van der Waals surface area contributed by atoms with Gasteiger partial charge in [-0.15, -0.1) is 0 Å². The van der Waals surface area contributed by atoms with Crippen LogP contribution in [0, 0.1) is 28.6 Å². The molecule has 0 radical (unpaired) electrons. The number of ether oxygens (including phenoxy) is 3. The number of rotatable bonds is 3. The largest absolute Gasteiger partial charge is 0.463 e. The van der Waals surface area contributed by atoms with Gasteiger partial charge < -0.3 is 18.6 Å². The maximum Gasteiger partial charge on any atom is 0.335 e. The van der Waals surface area contributed by atoms with Gasteiger partial charge in [0.25, 0.3) is 0 Å². The molecule has 5 fully saturated rings. The lowest BCUT2D eigenvalue weighted by molar-refractivity contribution is -0.166. The predicted octanol–water partition coefficient (Wildman–Crippen LogP) is 4.62. The topological polar surface area (TPSA) is 95.3 Å². The molecule has 10 atom stereocenters. The highest BCUT2D eigenvalue weighted by atomic mass is 16.7. The standard InChI is InChI=1S/C28H36O7.H2/c1-15(29)33-19-9-11-26(3)18(13-19)6-7-21-20(26)10-12-27(4)23(17-5-8-22(31)32-14-17)24(34-16(2)30)25-28(21,27)35-25;/h5,8,14,18-21,23-25H,6-7,9-13H2,1-4H3;1H/t18-,19+,20?,21-,23+,24-,25-,26+,27-,28-;/m1./s1. The van der Waals surface area contributed by atoms with Crippen molar-refractivity contribution in [2.45, 2.75) is 102 Å². The highest BCUT2D eigenvalue weighted by Crippen LogP contribution is 2.78. The minimum absolute atomic E-state index is 0. The Labute approximate surface area is 207 Å². The normalized spacial score (nSPS) is 47.5. The molecule has 1 spiro atoms. The van der Waals surface area contributed by atoms with Gasteiger partial charge >= 0.3 is 17.6 Å². The molecular formula is C28H38O7. The van der Waals surface area contributed by atoms with Crippen molar-refractivity contribution in [3.05, 3.63) is 34.4 Å². The van der Waals surface area contributed by atoms with E-state index in [1.807, 2.05) is 6.07 Å². The van der Waals surface area contributed by atoms with E-state index in [0.29, 0.717) is 17.8 Å². The minimum Gasteiger partial charge on any atom is -0.463 e. The second-order valence-electron chi connectivity index (χ2n) is 12.2. The van der Waals surface area contributed by atoms with Crippen LogP contribution in [0.2, 0.25) is 0 Å². The summed E-state index contributed by atoms with van der Waals surface area (Å²) in [6.07, 6.45) is 8.28. The van der Waals surface area contributed by atoms with Crippen molar-refractivity contribution in [2.75, 3.05) is 0 Å². The first-order chi connectivity index (χ1) is 16.6. The maximum absolute atomic E-state index is 12.1. The molecule has 1 aromatic rings. The van der Waals surface area contributed by atoms with Crippen LogP contribution >= 0.6 is 0 Å². The second kappa shape index (κ2) is 7.67. The highest BCUT2D eigenvalue weighted by Gasteiger charge is 2.84. The lowest BCUT2D eigenvalue weighted by atomic mass is 9.44. The quantitative estimate of drug-likeness (QED) is 0.454. The Balaban J connectivity index is 0.00000267. The van der Waals surface area contributed by atoms with Crippen LogP contribution in [0.25, 0.3) is 0 Å². The Hall–Kier alpha value is -2.15. The first kappa shape index (κ1) is 23.3. The van der Waals surface area contributed by atoms with Crippen molar-refractivity contribution in [1.82, 2.24) is 0 Å². The summed E-state index contributed by atoms with van der Waals surface area (Å²) in [5, 5.41) is 0. The molecule has 0 amide bonds. The van der Waals surface area contributed by atoms with Gasteiger partial charge in [-0.2, -0.15) is 0 Å². The first-order valence-corrected chi connectivity index (χ1v) is 13.2. The summed E-state index contributed by atoms with van der Waals surface area (Å²) >= 11 is 0. The molecule has 0 N–H and O–H groups in total. The first-order valence-electron chi connectivity index (χ1n) is 13.2. The van der Waals surface area contributed by atoms with Crippen molar-refractivity contribution >= 4 is 11.9 Å². The number of hydrogen-bond donors (Lipinski definition) is 0. The molecule has 1 aliphatic heterocycles. The monoisotopic (exact) mass is 486 g/mol. The molecular weight excluding hydrogens is 448 g/mol. The molecule has 5 aliphatic rings. The molecule has 1 aromatic heterocycles. The molecule has 0 aromatic carbocycles. The highest BCUT2D eigenvalue weighted by molar-refractivity contribution is 5.67. The number of esters is 2. The second-order valence-corrected chi connectivity index (χ2v) is 12.2. The summed E-state index contributed by atoms with van der Waals surface area (Å²) in [6, 6.07) is 3.29. The van der Waals surface area contributed by atoms with Gasteiger partial charge in [0, 0.05) is 32.7 Å². The van der Waals surface area contributed by atoms with Gasteiger partial charge in [-0.25, -0.2) is 4.79 Å². The van der Waals surface area contributed by atoms with Crippen LogP contribution in [0.5, 0.6) is 0 Å². The third-order valence-electron chi connectivity index (χ3n) is 10.8.